The van der Waals surface area contributed by atoms with Gasteiger partial charge in [0.25, 0.3) is 0 Å². The third kappa shape index (κ3) is 1.88. The van der Waals surface area contributed by atoms with Gasteiger partial charge in [0.15, 0.2) is 0 Å². The molecule has 1 aliphatic rings. The fourth-order valence-electron chi connectivity index (χ4n) is 1.53. The molecular weight excluding hydrogens is 194 g/mol. The third-order valence-corrected chi connectivity index (χ3v) is 3.38. The molecule has 0 unspecified atom stereocenters. The summed E-state index contributed by atoms with van der Waals surface area (Å²) in [5, 5.41) is 3.48. The third-order valence-electron chi connectivity index (χ3n) is 2.50. The molecule has 0 amide bonds. The fraction of sp³-hybridized carbons (Fsp3) is 0.455. The lowest BCUT2D eigenvalue weighted by Gasteiger charge is -2.28. The molecule has 0 radical (unpaired) electrons. The van der Waals surface area contributed by atoms with Crippen molar-refractivity contribution >= 4 is 17.4 Å². The summed E-state index contributed by atoms with van der Waals surface area (Å²) in [6, 6.07) is 6.89. The van der Waals surface area contributed by atoms with Gasteiger partial charge in [-0.25, -0.2) is 0 Å². The van der Waals surface area contributed by atoms with Gasteiger partial charge in [-0.2, -0.15) is 0 Å². The Morgan fingerprint density at radius 2 is 2.21 bits per heavy atom. The Hall–Kier alpha value is -0.670. The molecule has 1 aromatic rings. The van der Waals surface area contributed by atoms with Crippen LogP contribution in [0.4, 0.5) is 5.69 Å². The van der Waals surface area contributed by atoms with E-state index in [2.05, 4.69) is 36.7 Å². The van der Waals surface area contributed by atoms with Crippen LogP contribution in [0.1, 0.15) is 5.56 Å². The maximum atomic E-state index is 5.14. The lowest BCUT2D eigenvalue weighted by atomic mass is 10.1. The molecule has 1 N–H and O–H groups in total. The smallest absolute Gasteiger partial charge is 0.0728 e. The van der Waals surface area contributed by atoms with Gasteiger partial charge in [0.1, 0.15) is 0 Å². The van der Waals surface area contributed by atoms with Crippen molar-refractivity contribution in [2.75, 3.05) is 24.8 Å². The lowest BCUT2D eigenvalue weighted by molar-refractivity contribution is 0.0211. The number of rotatable bonds is 3. The molecule has 1 fully saturated rings. The second kappa shape index (κ2) is 4.24. The molecule has 0 spiro atoms. The van der Waals surface area contributed by atoms with Crippen LogP contribution in [-0.2, 0) is 4.74 Å². The summed E-state index contributed by atoms with van der Waals surface area (Å²) in [7, 11) is 0. The largest absolute Gasteiger partial charge is 0.377 e. The highest BCUT2D eigenvalue weighted by molar-refractivity contribution is 7.98. The second-order valence-electron chi connectivity index (χ2n) is 3.51. The van der Waals surface area contributed by atoms with Gasteiger partial charge in [0.2, 0.25) is 0 Å². The van der Waals surface area contributed by atoms with Crippen molar-refractivity contribution in [2.24, 2.45) is 0 Å². The highest BCUT2D eigenvalue weighted by atomic mass is 32.2. The monoisotopic (exact) mass is 209 g/mol. The van der Waals surface area contributed by atoms with Gasteiger partial charge in [0.05, 0.1) is 19.3 Å². The molecule has 1 aliphatic heterocycles. The van der Waals surface area contributed by atoms with E-state index in [9.17, 15) is 0 Å². The van der Waals surface area contributed by atoms with Crippen molar-refractivity contribution in [3.8, 4) is 0 Å². The zero-order valence-corrected chi connectivity index (χ0v) is 9.36. The quantitative estimate of drug-likeness (QED) is 0.773. The first kappa shape index (κ1) is 9.87. The van der Waals surface area contributed by atoms with Gasteiger partial charge < -0.3 is 10.1 Å². The molecule has 3 heteroatoms. The van der Waals surface area contributed by atoms with E-state index >= 15 is 0 Å². The number of hydrogen-bond donors (Lipinski definition) is 1. The molecule has 76 valence electrons. The number of anilines is 1. The maximum Gasteiger partial charge on any atom is 0.0728 e. The van der Waals surface area contributed by atoms with Gasteiger partial charge in [-0.05, 0) is 30.9 Å². The number of thioether (sulfide) groups is 1. The van der Waals surface area contributed by atoms with Gasteiger partial charge in [-0.3, -0.25) is 0 Å². The van der Waals surface area contributed by atoms with E-state index < -0.39 is 0 Å². The van der Waals surface area contributed by atoms with Crippen molar-refractivity contribution in [2.45, 2.75) is 17.9 Å². The minimum atomic E-state index is 0.505. The Bertz CT molecular complexity index is 323. The summed E-state index contributed by atoms with van der Waals surface area (Å²) in [4.78, 5) is 1.34. The van der Waals surface area contributed by atoms with Crippen LogP contribution in [0, 0.1) is 6.92 Å². The summed E-state index contributed by atoms with van der Waals surface area (Å²) < 4.78 is 5.14. The number of ether oxygens (including phenoxy) is 1. The summed E-state index contributed by atoms with van der Waals surface area (Å²) in [5.41, 5.74) is 2.58. The summed E-state index contributed by atoms with van der Waals surface area (Å²) in [5.74, 6) is 0. The molecule has 0 atom stereocenters. The number of hydrogen-bond acceptors (Lipinski definition) is 3. The van der Waals surface area contributed by atoms with Gasteiger partial charge >= 0.3 is 0 Å². The van der Waals surface area contributed by atoms with E-state index in [0.29, 0.717) is 6.04 Å². The van der Waals surface area contributed by atoms with E-state index in [4.69, 9.17) is 4.74 Å². The van der Waals surface area contributed by atoms with Crippen molar-refractivity contribution in [3.63, 3.8) is 0 Å². The summed E-state index contributed by atoms with van der Waals surface area (Å²) in [6.45, 7) is 3.83. The highest BCUT2D eigenvalue weighted by Gasteiger charge is 2.18. The highest BCUT2D eigenvalue weighted by Crippen LogP contribution is 2.26. The second-order valence-corrected chi connectivity index (χ2v) is 4.36. The van der Waals surface area contributed by atoms with E-state index in [1.807, 2.05) is 0 Å². The number of benzene rings is 1. The van der Waals surface area contributed by atoms with E-state index in [0.717, 1.165) is 13.2 Å². The molecule has 0 aliphatic carbocycles. The molecule has 0 aromatic heterocycles. The molecule has 0 saturated carbocycles. The van der Waals surface area contributed by atoms with Crippen LogP contribution in [0.5, 0.6) is 0 Å². The van der Waals surface area contributed by atoms with E-state index in [-0.39, 0.29) is 0 Å². The SMILES string of the molecule is CSc1cccc(NC2COC2)c1C. The first-order valence-electron chi connectivity index (χ1n) is 4.79. The Morgan fingerprint density at radius 1 is 1.43 bits per heavy atom. The molecule has 1 heterocycles. The standard InChI is InChI=1S/C11H15NOS/c1-8-10(12-9-6-13-7-9)4-3-5-11(8)14-2/h3-5,9,12H,6-7H2,1-2H3. The first-order valence-corrected chi connectivity index (χ1v) is 6.01. The minimum Gasteiger partial charge on any atom is -0.377 e. The normalized spacial score (nSPS) is 16.4. The van der Waals surface area contributed by atoms with Gasteiger partial charge in [-0.15, -0.1) is 11.8 Å². The zero-order chi connectivity index (χ0) is 9.97. The van der Waals surface area contributed by atoms with Crippen LogP contribution in [-0.4, -0.2) is 25.5 Å². The van der Waals surface area contributed by atoms with Crippen LogP contribution < -0.4 is 5.32 Å². The molecule has 2 nitrogen and oxygen atoms in total. The Kier molecular flexibility index (Phi) is 2.99. The summed E-state index contributed by atoms with van der Waals surface area (Å²) >= 11 is 1.79. The molecule has 0 bridgehead atoms. The van der Waals surface area contributed by atoms with Crippen LogP contribution in [0.3, 0.4) is 0 Å². The maximum absolute atomic E-state index is 5.14. The van der Waals surface area contributed by atoms with Gasteiger partial charge in [0, 0.05) is 10.6 Å². The topological polar surface area (TPSA) is 21.3 Å². The average molecular weight is 209 g/mol. The molecule has 1 saturated heterocycles. The van der Waals surface area contributed by atoms with Crippen molar-refractivity contribution < 1.29 is 4.74 Å². The Labute approximate surface area is 89.0 Å². The predicted octanol–water partition coefficient (Wildman–Crippen LogP) is 2.53. The average Bonchev–Trinajstić information content (AvgIpc) is 2.13. The lowest BCUT2D eigenvalue weighted by Crippen LogP contribution is -2.40. The zero-order valence-electron chi connectivity index (χ0n) is 8.54. The van der Waals surface area contributed by atoms with Crippen molar-refractivity contribution in [3.05, 3.63) is 23.8 Å². The summed E-state index contributed by atoms with van der Waals surface area (Å²) in [6.07, 6.45) is 2.11. The van der Waals surface area contributed by atoms with Crippen LogP contribution in [0.15, 0.2) is 23.1 Å². The van der Waals surface area contributed by atoms with E-state index in [1.165, 1.54) is 16.1 Å². The predicted molar refractivity (Wildman–Crippen MR) is 61.2 cm³/mol. The molecule has 14 heavy (non-hydrogen) atoms. The van der Waals surface area contributed by atoms with Gasteiger partial charge in [-0.1, -0.05) is 6.07 Å². The Morgan fingerprint density at radius 3 is 2.79 bits per heavy atom. The first-order chi connectivity index (χ1) is 6.81. The van der Waals surface area contributed by atoms with Crippen LogP contribution in [0.2, 0.25) is 0 Å². The molecular formula is C11H15NOS. The van der Waals surface area contributed by atoms with Crippen LogP contribution in [0.25, 0.3) is 0 Å². The Balaban J connectivity index is 2.15. The van der Waals surface area contributed by atoms with Crippen molar-refractivity contribution in [1.29, 1.82) is 0 Å². The van der Waals surface area contributed by atoms with Crippen molar-refractivity contribution in [1.82, 2.24) is 0 Å². The minimum absolute atomic E-state index is 0.505. The number of nitrogens with one attached hydrogen (secondary N) is 1. The van der Waals surface area contributed by atoms with Crippen LogP contribution >= 0.6 is 11.8 Å². The molecule has 1 aromatic carbocycles. The molecule has 2 rings (SSSR count). The van der Waals surface area contributed by atoms with E-state index in [1.54, 1.807) is 11.8 Å². The fourth-order valence-corrected chi connectivity index (χ4v) is 2.16.